The summed E-state index contributed by atoms with van der Waals surface area (Å²) in [7, 11) is 2.81. The highest BCUT2D eigenvalue weighted by atomic mass is 19.4. The zero-order valence-electron chi connectivity index (χ0n) is 15.7. The van der Waals surface area contributed by atoms with E-state index in [0.717, 1.165) is 18.2 Å². The molecular formula is C20H19F3O6. The molecule has 0 aliphatic carbocycles. The molecule has 0 fully saturated rings. The number of benzene rings is 2. The zero-order valence-corrected chi connectivity index (χ0v) is 15.7. The fourth-order valence-corrected chi connectivity index (χ4v) is 2.31. The Morgan fingerprint density at radius 1 is 1.03 bits per heavy atom. The second-order valence-electron chi connectivity index (χ2n) is 5.73. The molecule has 0 saturated carbocycles. The van der Waals surface area contributed by atoms with E-state index in [9.17, 15) is 23.1 Å². The number of aromatic hydroxyl groups is 1. The quantitative estimate of drug-likeness (QED) is 0.377. The maximum Gasteiger partial charge on any atom is 0.416 e. The highest BCUT2D eigenvalue weighted by Gasteiger charge is 2.29. The monoisotopic (exact) mass is 412 g/mol. The van der Waals surface area contributed by atoms with Gasteiger partial charge in [0.15, 0.2) is 19.4 Å². The molecule has 2 rings (SSSR count). The van der Waals surface area contributed by atoms with E-state index in [1.165, 1.54) is 44.6 Å². The van der Waals surface area contributed by atoms with Crippen LogP contribution in [0, 0.1) is 0 Å². The summed E-state index contributed by atoms with van der Waals surface area (Å²) in [5, 5.41) is 10.2. The van der Waals surface area contributed by atoms with Crippen molar-refractivity contribution in [2.24, 2.45) is 0 Å². The molecule has 0 heterocycles. The molecule has 1 N–H and O–H groups in total. The van der Waals surface area contributed by atoms with Gasteiger partial charge in [-0.25, -0.2) is 0 Å². The van der Waals surface area contributed by atoms with E-state index in [4.69, 9.17) is 18.9 Å². The van der Waals surface area contributed by atoms with Gasteiger partial charge in [0.2, 0.25) is 0 Å². The third-order valence-corrected chi connectivity index (χ3v) is 3.64. The largest absolute Gasteiger partial charge is 0.507 e. The average molecular weight is 412 g/mol. The lowest BCUT2D eigenvalue weighted by atomic mass is 10.1. The Labute approximate surface area is 165 Å². The van der Waals surface area contributed by atoms with Crippen molar-refractivity contribution >= 4 is 11.9 Å². The van der Waals surface area contributed by atoms with Gasteiger partial charge in [-0.05, 0) is 23.8 Å². The second kappa shape index (κ2) is 9.94. The van der Waals surface area contributed by atoms with Crippen molar-refractivity contribution in [2.75, 3.05) is 27.8 Å². The number of allylic oxidation sites excluding steroid dienone is 1. The average Bonchev–Trinajstić information content (AvgIpc) is 2.68. The molecule has 0 spiro atoms. The zero-order chi connectivity index (χ0) is 21.4. The Morgan fingerprint density at radius 3 is 2.24 bits per heavy atom. The lowest BCUT2D eigenvalue weighted by molar-refractivity contribution is -0.137. The molecule has 0 saturated heterocycles. The Balaban J connectivity index is 2.27. The van der Waals surface area contributed by atoms with E-state index in [2.05, 4.69) is 0 Å². The Bertz CT molecular complexity index is 860. The lowest BCUT2D eigenvalue weighted by Crippen LogP contribution is -2.07. The van der Waals surface area contributed by atoms with Crippen LogP contribution in [-0.4, -0.2) is 38.7 Å². The van der Waals surface area contributed by atoms with Gasteiger partial charge in [-0.3, -0.25) is 4.79 Å². The van der Waals surface area contributed by atoms with Gasteiger partial charge >= 0.3 is 6.18 Å². The number of phenols is 1. The summed E-state index contributed by atoms with van der Waals surface area (Å²) in [6.45, 7) is -0.264. The van der Waals surface area contributed by atoms with Crippen LogP contribution in [0.3, 0.4) is 0 Å². The molecule has 9 heteroatoms. The molecule has 0 unspecified atom stereocenters. The third kappa shape index (κ3) is 6.23. The van der Waals surface area contributed by atoms with Crippen molar-refractivity contribution in [3.63, 3.8) is 0 Å². The summed E-state index contributed by atoms with van der Waals surface area (Å²) < 4.78 is 58.0. The van der Waals surface area contributed by atoms with Crippen LogP contribution in [0.5, 0.6) is 17.2 Å². The molecule has 0 aliphatic rings. The smallest absolute Gasteiger partial charge is 0.416 e. The van der Waals surface area contributed by atoms with Crippen molar-refractivity contribution in [3.05, 3.63) is 59.2 Å². The molecule has 0 radical (unpaired) electrons. The van der Waals surface area contributed by atoms with Crippen LogP contribution in [0.1, 0.15) is 21.5 Å². The molecular weight excluding hydrogens is 393 g/mol. The normalized spacial score (nSPS) is 11.6. The molecule has 156 valence electrons. The van der Waals surface area contributed by atoms with Gasteiger partial charge in [-0.2, -0.15) is 13.2 Å². The van der Waals surface area contributed by atoms with E-state index in [0.29, 0.717) is 5.56 Å². The third-order valence-electron chi connectivity index (χ3n) is 3.64. The summed E-state index contributed by atoms with van der Waals surface area (Å²) in [4.78, 5) is 12.6. The minimum atomic E-state index is -4.44. The standard InChI is InChI=1S/C20H19F3O6/c1-26-11-28-15-9-17(25)19(18(10-15)29-12-27-2)16(24)8-5-13-3-6-14(7-4-13)20(21,22)23/h3-10,25H,11-12H2,1-2H3. The van der Waals surface area contributed by atoms with Crippen LogP contribution in [0.4, 0.5) is 13.2 Å². The van der Waals surface area contributed by atoms with Gasteiger partial charge in [0.1, 0.15) is 22.8 Å². The SMILES string of the molecule is COCOc1cc(O)c(C(=O)C=Cc2ccc(C(F)(F)F)cc2)c(OCOC)c1. The number of ether oxygens (including phenoxy) is 4. The minimum absolute atomic E-state index is 0.0139. The maximum absolute atomic E-state index is 12.6. The summed E-state index contributed by atoms with van der Waals surface area (Å²) in [6.07, 6.45) is -1.99. The number of carbonyl (C=O) groups is 1. The predicted molar refractivity (Wildman–Crippen MR) is 97.9 cm³/mol. The van der Waals surface area contributed by atoms with Crippen LogP contribution < -0.4 is 9.47 Å². The number of hydrogen-bond acceptors (Lipinski definition) is 6. The van der Waals surface area contributed by atoms with Gasteiger partial charge in [-0.1, -0.05) is 18.2 Å². The first-order valence-electron chi connectivity index (χ1n) is 8.26. The first kappa shape index (κ1) is 22.3. The van der Waals surface area contributed by atoms with Crippen LogP contribution in [0.2, 0.25) is 0 Å². The lowest BCUT2D eigenvalue weighted by Gasteiger charge is -2.13. The number of alkyl halides is 3. The molecule has 0 amide bonds. The number of carbonyl (C=O) groups excluding carboxylic acids is 1. The number of rotatable bonds is 9. The van der Waals surface area contributed by atoms with Gasteiger partial charge < -0.3 is 24.1 Å². The van der Waals surface area contributed by atoms with Crippen LogP contribution in [0.15, 0.2) is 42.5 Å². The van der Waals surface area contributed by atoms with Crippen LogP contribution >= 0.6 is 0 Å². The van der Waals surface area contributed by atoms with Crippen LogP contribution in [0.25, 0.3) is 6.08 Å². The van der Waals surface area contributed by atoms with Gasteiger partial charge in [0.25, 0.3) is 0 Å². The summed E-state index contributed by atoms with van der Waals surface area (Å²) in [5.41, 5.74) is -0.555. The molecule has 29 heavy (non-hydrogen) atoms. The highest BCUT2D eigenvalue weighted by molar-refractivity contribution is 6.10. The van der Waals surface area contributed by atoms with Gasteiger partial charge in [-0.15, -0.1) is 0 Å². The molecule has 6 nitrogen and oxygen atoms in total. The van der Waals surface area contributed by atoms with E-state index in [1.54, 1.807) is 0 Å². The van der Waals surface area contributed by atoms with Crippen molar-refractivity contribution in [1.29, 1.82) is 0 Å². The van der Waals surface area contributed by atoms with Crippen molar-refractivity contribution in [2.45, 2.75) is 6.18 Å². The van der Waals surface area contributed by atoms with E-state index < -0.39 is 23.3 Å². The molecule has 0 bridgehead atoms. The van der Waals surface area contributed by atoms with Crippen molar-refractivity contribution in [3.8, 4) is 17.2 Å². The number of methoxy groups -OCH3 is 2. The van der Waals surface area contributed by atoms with E-state index in [1.807, 2.05) is 0 Å². The summed E-state index contributed by atoms with van der Waals surface area (Å²) in [5.74, 6) is -0.794. The number of phenolic OH excluding ortho intramolecular Hbond substituents is 1. The van der Waals surface area contributed by atoms with Crippen molar-refractivity contribution in [1.82, 2.24) is 0 Å². The second-order valence-corrected chi connectivity index (χ2v) is 5.73. The summed E-state index contributed by atoms with van der Waals surface area (Å²) >= 11 is 0. The Kier molecular flexibility index (Phi) is 7.63. The maximum atomic E-state index is 12.6. The molecule has 0 aromatic heterocycles. The predicted octanol–water partition coefficient (Wildman–Crippen LogP) is 4.27. The van der Waals surface area contributed by atoms with Gasteiger partial charge in [0.05, 0.1) is 5.56 Å². The minimum Gasteiger partial charge on any atom is -0.507 e. The molecule has 2 aromatic carbocycles. The molecule has 0 atom stereocenters. The first-order valence-corrected chi connectivity index (χ1v) is 8.26. The number of hydrogen-bond donors (Lipinski definition) is 1. The highest BCUT2D eigenvalue weighted by Crippen LogP contribution is 2.34. The fourth-order valence-electron chi connectivity index (χ4n) is 2.31. The number of halogens is 3. The van der Waals surface area contributed by atoms with Crippen molar-refractivity contribution < 1.29 is 42.0 Å². The Hall–Kier alpha value is -3.04. The topological polar surface area (TPSA) is 74.2 Å². The fraction of sp³-hybridized carbons (Fsp3) is 0.250. The first-order chi connectivity index (χ1) is 13.8. The van der Waals surface area contributed by atoms with Crippen LogP contribution in [-0.2, 0) is 15.7 Å². The molecule has 0 aliphatic heterocycles. The van der Waals surface area contributed by atoms with E-state index in [-0.39, 0.29) is 30.6 Å². The summed E-state index contributed by atoms with van der Waals surface area (Å²) in [6, 6.07) is 6.90. The number of ketones is 1. The molecule has 2 aromatic rings. The Morgan fingerprint density at radius 2 is 1.66 bits per heavy atom. The van der Waals surface area contributed by atoms with Gasteiger partial charge in [0, 0.05) is 26.4 Å². The van der Waals surface area contributed by atoms with E-state index >= 15 is 0 Å².